The first-order valence-corrected chi connectivity index (χ1v) is 9.80. The van der Waals surface area contributed by atoms with Crippen LogP contribution in [0.25, 0.3) is 23.0 Å². The smallest absolute Gasteiger partial charge is 0.371 e. The normalized spacial score (nSPS) is 9.81. The van der Waals surface area contributed by atoms with Gasteiger partial charge in [-0.15, -0.1) is 12.8 Å². The topological polar surface area (TPSA) is 187 Å². The molecule has 190 valence electrons. The Morgan fingerprint density at radius 2 is 1.70 bits per heavy atom. The Labute approximate surface area is 213 Å². The number of terminal acetylenes is 1. The first-order valence-electron chi connectivity index (χ1n) is 10.3. The monoisotopic (exact) mass is 505 g/mol. The zero-order valence-corrected chi connectivity index (χ0v) is 18.5. The number of hydrogen-bond donors (Lipinski definition) is 3. The Morgan fingerprint density at radius 3 is 2.19 bits per heavy atom. The lowest BCUT2D eigenvalue weighted by molar-refractivity contribution is 0.0662. The van der Waals surface area contributed by atoms with Crippen molar-refractivity contribution in [2.45, 2.75) is 7.43 Å². The number of furan rings is 2. The summed E-state index contributed by atoms with van der Waals surface area (Å²) in [5, 5.41) is 23.1. The minimum atomic E-state index is -1.03. The molecule has 0 unspecified atom stereocenters. The molecule has 5 aromatic heterocycles. The molecule has 0 aliphatic rings. The van der Waals surface area contributed by atoms with Gasteiger partial charge in [-0.1, -0.05) is 17.7 Å². The Kier molecular flexibility index (Phi) is 11.9. The van der Waals surface area contributed by atoms with E-state index in [9.17, 15) is 4.79 Å². The SMILES string of the molecule is C.N/C(=N\O)c1cccnc1.O=C(O)c1ccco1.[2H]C#C.c1cncc(-c2noc(-c3ccco3)n2)c1. The third-order valence-corrected chi connectivity index (χ3v) is 3.87. The van der Waals surface area contributed by atoms with Crippen molar-refractivity contribution in [3.05, 3.63) is 97.2 Å². The molecule has 0 bridgehead atoms. The van der Waals surface area contributed by atoms with Gasteiger partial charge in [0.25, 0.3) is 5.89 Å². The van der Waals surface area contributed by atoms with Gasteiger partial charge in [0.2, 0.25) is 11.6 Å². The Morgan fingerprint density at radius 1 is 1.03 bits per heavy atom. The molecule has 0 amide bonds. The van der Waals surface area contributed by atoms with Crippen LogP contribution in [-0.4, -0.2) is 42.2 Å². The lowest BCUT2D eigenvalue weighted by atomic mass is 10.3. The Hall–Kier alpha value is -5.70. The van der Waals surface area contributed by atoms with Gasteiger partial charge < -0.3 is 29.4 Å². The van der Waals surface area contributed by atoms with E-state index in [1.807, 2.05) is 12.1 Å². The maximum atomic E-state index is 9.97. The molecule has 0 spiro atoms. The van der Waals surface area contributed by atoms with Crippen LogP contribution in [0.15, 0.2) is 104 Å². The standard InChI is InChI=1S/C11H7N3O2.C6H7N3O.C5H4O3.C2H2.CH4/c1-3-8(7-12-5-1)10-13-11(16-14-10)9-4-2-6-15-9;7-6(9-10)5-2-1-3-8-4-5;6-5(7)4-2-1-3-8-4;1-2;/h1-7H;1-4,10H,(H2,7,9);1-3H,(H,6,7);1-2H;1H4/i;;;1D;. The summed E-state index contributed by atoms with van der Waals surface area (Å²) in [7, 11) is 0. The predicted molar refractivity (Wildman–Crippen MR) is 134 cm³/mol. The van der Waals surface area contributed by atoms with Crippen LogP contribution in [0.2, 0.25) is 0 Å². The number of oxime groups is 1. The zero-order chi connectivity index (χ0) is 26.9. The van der Waals surface area contributed by atoms with Crippen LogP contribution in [0.3, 0.4) is 0 Å². The minimum absolute atomic E-state index is 0. The second-order valence-electron chi connectivity index (χ2n) is 6.15. The van der Waals surface area contributed by atoms with Crippen molar-refractivity contribution in [1.82, 2.24) is 20.1 Å². The molecule has 12 heteroatoms. The number of hydrogen-bond acceptors (Lipinski definition) is 10. The molecular formula is C25H24N6O6. The number of carbonyl (C=O) groups is 1. The molecule has 0 aliphatic carbocycles. The molecule has 0 saturated carbocycles. The fourth-order valence-corrected chi connectivity index (χ4v) is 2.31. The fourth-order valence-electron chi connectivity index (χ4n) is 2.31. The van der Waals surface area contributed by atoms with Crippen molar-refractivity contribution in [2.24, 2.45) is 10.9 Å². The number of nitrogens with zero attached hydrogens (tertiary/aromatic N) is 5. The van der Waals surface area contributed by atoms with Crippen LogP contribution in [-0.2, 0) is 0 Å². The van der Waals surface area contributed by atoms with E-state index < -0.39 is 5.97 Å². The minimum Gasteiger partial charge on any atom is -0.475 e. The van der Waals surface area contributed by atoms with E-state index in [1.165, 1.54) is 31.0 Å². The zero-order valence-electron chi connectivity index (χ0n) is 19.5. The summed E-state index contributed by atoms with van der Waals surface area (Å²) in [4.78, 5) is 21.9. The molecule has 0 aromatic carbocycles. The predicted octanol–water partition coefficient (Wildman–Crippen LogP) is 4.43. The summed E-state index contributed by atoms with van der Waals surface area (Å²) in [6.45, 7) is 0. The molecular weight excluding hydrogens is 480 g/mol. The van der Waals surface area contributed by atoms with Gasteiger partial charge in [-0.05, 0) is 48.5 Å². The first-order chi connectivity index (χ1) is 18.0. The third kappa shape index (κ3) is 9.22. The summed E-state index contributed by atoms with van der Waals surface area (Å²) >= 11 is 0. The summed E-state index contributed by atoms with van der Waals surface area (Å²) in [5.74, 6) is 0.444. The molecule has 5 heterocycles. The molecule has 0 atom stereocenters. The first kappa shape index (κ1) is 27.5. The highest BCUT2D eigenvalue weighted by Gasteiger charge is 2.12. The summed E-state index contributed by atoms with van der Waals surface area (Å²) < 4.78 is 20.5. The average Bonchev–Trinajstić information content (AvgIpc) is 3.73. The lowest BCUT2D eigenvalue weighted by Gasteiger charge is -1.93. The fraction of sp³-hybridized carbons (Fsp3) is 0.0400. The second-order valence-corrected chi connectivity index (χ2v) is 6.15. The molecule has 0 radical (unpaired) electrons. The quantitative estimate of drug-likeness (QED) is 0.103. The highest BCUT2D eigenvalue weighted by atomic mass is 16.5. The number of carboxylic acids is 1. The van der Waals surface area contributed by atoms with Crippen LogP contribution in [0.5, 0.6) is 0 Å². The molecule has 0 fully saturated rings. The summed E-state index contributed by atoms with van der Waals surface area (Å²) in [6.07, 6.45) is 15.2. The lowest BCUT2D eigenvalue weighted by Crippen LogP contribution is -2.12. The number of amidine groups is 1. The van der Waals surface area contributed by atoms with Gasteiger partial charge in [-0.2, -0.15) is 4.98 Å². The van der Waals surface area contributed by atoms with Crippen molar-refractivity contribution in [2.75, 3.05) is 0 Å². The number of rotatable bonds is 4. The number of nitrogens with two attached hydrogens (primary N) is 1. The van der Waals surface area contributed by atoms with Gasteiger partial charge in [0.1, 0.15) is 1.37 Å². The average molecular weight is 506 g/mol. The molecule has 4 N–H and O–H groups in total. The van der Waals surface area contributed by atoms with Crippen LogP contribution in [0.1, 0.15) is 24.9 Å². The van der Waals surface area contributed by atoms with Crippen LogP contribution in [0.4, 0.5) is 0 Å². The molecule has 37 heavy (non-hydrogen) atoms. The van der Waals surface area contributed by atoms with E-state index in [-0.39, 0.29) is 19.0 Å². The number of carboxylic acid groups (broad SMARTS) is 1. The highest BCUT2D eigenvalue weighted by Crippen LogP contribution is 2.21. The maximum Gasteiger partial charge on any atom is 0.371 e. The van der Waals surface area contributed by atoms with E-state index >= 15 is 0 Å². The van der Waals surface area contributed by atoms with Gasteiger partial charge in [0, 0.05) is 35.9 Å². The van der Waals surface area contributed by atoms with Crippen molar-refractivity contribution in [1.29, 1.82) is 0 Å². The van der Waals surface area contributed by atoms with Crippen LogP contribution >= 0.6 is 0 Å². The van der Waals surface area contributed by atoms with Gasteiger partial charge in [-0.25, -0.2) is 4.79 Å². The van der Waals surface area contributed by atoms with Crippen LogP contribution < -0.4 is 5.73 Å². The highest BCUT2D eigenvalue weighted by molar-refractivity contribution is 5.96. The largest absolute Gasteiger partial charge is 0.475 e. The third-order valence-electron chi connectivity index (χ3n) is 3.87. The molecule has 12 nitrogen and oxygen atoms in total. The van der Waals surface area contributed by atoms with Crippen molar-refractivity contribution < 1.29 is 29.8 Å². The van der Waals surface area contributed by atoms with E-state index in [0.717, 1.165) is 5.56 Å². The van der Waals surface area contributed by atoms with Gasteiger partial charge in [-0.3, -0.25) is 9.97 Å². The van der Waals surface area contributed by atoms with E-state index in [1.54, 1.807) is 49.1 Å². The summed E-state index contributed by atoms with van der Waals surface area (Å²) in [5.41, 5.74) is 6.68. The maximum absolute atomic E-state index is 9.97. The number of pyridine rings is 2. The van der Waals surface area contributed by atoms with E-state index in [2.05, 4.69) is 36.1 Å². The molecule has 0 saturated heterocycles. The van der Waals surface area contributed by atoms with E-state index in [0.29, 0.717) is 23.0 Å². The van der Waals surface area contributed by atoms with Gasteiger partial charge in [0.15, 0.2) is 11.6 Å². The Balaban J connectivity index is 0.000000285. The van der Waals surface area contributed by atoms with Crippen molar-refractivity contribution in [3.63, 3.8) is 0 Å². The van der Waals surface area contributed by atoms with Gasteiger partial charge >= 0.3 is 5.97 Å². The van der Waals surface area contributed by atoms with Crippen molar-refractivity contribution >= 4 is 11.8 Å². The van der Waals surface area contributed by atoms with Crippen molar-refractivity contribution in [3.8, 4) is 35.9 Å². The molecule has 0 aliphatic heterocycles. The molecule has 5 aromatic rings. The second kappa shape index (κ2) is 16.0. The summed E-state index contributed by atoms with van der Waals surface area (Å²) in [6, 6.07) is 13.6. The Bertz CT molecular complexity index is 1380. The molecule has 5 rings (SSSR count). The van der Waals surface area contributed by atoms with Crippen LogP contribution in [0, 0.1) is 12.8 Å². The number of aromatic carboxylic acids is 1. The van der Waals surface area contributed by atoms with Gasteiger partial charge in [0.05, 0.1) is 12.5 Å². The van der Waals surface area contributed by atoms with E-state index in [4.69, 9.17) is 26.4 Å². The number of aromatic nitrogens is 4.